The van der Waals surface area contributed by atoms with Crippen LogP contribution in [-0.4, -0.2) is 35.0 Å². The highest BCUT2D eigenvalue weighted by molar-refractivity contribution is 6.00. The number of ketones is 3. The van der Waals surface area contributed by atoms with E-state index in [9.17, 15) is 14.4 Å². The van der Waals surface area contributed by atoms with Gasteiger partial charge in [-0.1, -0.05) is 0 Å². The third-order valence-corrected chi connectivity index (χ3v) is 2.91. The molecule has 9 N–H and O–H groups in total. The Morgan fingerprint density at radius 2 is 1.28 bits per heavy atom. The zero-order valence-corrected chi connectivity index (χ0v) is 16.2. The Morgan fingerprint density at radius 1 is 0.960 bits per heavy atom. The highest BCUT2D eigenvalue weighted by Gasteiger charge is 2.20. The molecule has 1 aliphatic heterocycles. The molecule has 0 aliphatic carbocycles. The molecule has 0 saturated heterocycles. The van der Waals surface area contributed by atoms with E-state index >= 15 is 0 Å². The van der Waals surface area contributed by atoms with E-state index < -0.39 is 0 Å². The van der Waals surface area contributed by atoms with Crippen LogP contribution in [0.25, 0.3) is 0 Å². The van der Waals surface area contributed by atoms with Crippen LogP contribution < -0.4 is 17.2 Å². The van der Waals surface area contributed by atoms with Gasteiger partial charge in [0.1, 0.15) is 0 Å². The number of hydrogen-bond donors (Lipinski definition) is 4. The molecule has 0 spiro atoms. The average Bonchev–Trinajstić information content (AvgIpc) is 2.39. The molecule has 0 aromatic heterocycles. The normalized spacial score (nSPS) is 12.9. The van der Waals surface area contributed by atoms with Gasteiger partial charge in [-0.2, -0.15) is 0 Å². The Morgan fingerprint density at radius 3 is 1.44 bits per heavy atom. The van der Waals surface area contributed by atoms with Crippen molar-refractivity contribution in [2.24, 2.45) is 5.73 Å². The minimum Gasteiger partial charge on any atom is -0.412 e. The number of dihydropyridines is 1. The van der Waals surface area contributed by atoms with Crippen molar-refractivity contribution in [1.29, 1.82) is 0 Å². The van der Waals surface area contributed by atoms with Gasteiger partial charge < -0.3 is 27.8 Å². The summed E-state index contributed by atoms with van der Waals surface area (Å²) in [6, 6.07) is 0. The minimum absolute atomic E-state index is 0. The van der Waals surface area contributed by atoms with E-state index in [1.54, 1.807) is 6.92 Å². The molecular formula is C17H33N3O5. The lowest BCUT2D eigenvalue weighted by atomic mass is 9.94. The fraction of sp³-hybridized carbons (Fsp3) is 0.471. The maximum atomic E-state index is 11.3. The smallest absolute Gasteiger partial charge is 0.157 e. The minimum atomic E-state index is 0. The van der Waals surface area contributed by atoms with Gasteiger partial charge in [0, 0.05) is 41.8 Å². The standard InChI is InChI=1S/C11H15NO2.C5H9NO.CH4O.H3N.H2O/c1-6-10(8(3)13)5-11(9(4)14)7(2)12-6;1-4(6)3-5(2)7;1-2;;/h12H,5H2,1-4H3;3H,6H2,1-2H3;2H,1H3;1H3;1H2/b;4-3-;;;. The van der Waals surface area contributed by atoms with Crippen molar-refractivity contribution >= 4 is 17.3 Å². The largest absolute Gasteiger partial charge is 0.412 e. The van der Waals surface area contributed by atoms with E-state index in [-0.39, 0.29) is 29.0 Å². The second-order valence-corrected chi connectivity index (χ2v) is 5.12. The SMILES string of the molecule is CC(=O)/C=C(/C)N.CC(=O)C1=C(C)NC(C)=C(C(C)=O)C1.CO.N.O. The van der Waals surface area contributed by atoms with Crippen molar-refractivity contribution in [3.05, 3.63) is 34.3 Å². The van der Waals surface area contributed by atoms with E-state index in [4.69, 9.17) is 10.8 Å². The molecule has 0 aromatic carbocycles. The summed E-state index contributed by atoms with van der Waals surface area (Å²) >= 11 is 0. The van der Waals surface area contributed by atoms with Gasteiger partial charge in [-0.15, -0.1) is 0 Å². The summed E-state index contributed by atoms with van der Waals surface area (Å²) in [5.41, 5.74) is 8.84. The molecular weight excluding hydrogens is 326 g/mol. The second kappa shape index (κ2) is 15.3. The van der Waals surface area contributed by atoms with E-state index in [0.717, 1.165) is 18.5 Å². The average molecular weight is 359 g/mol. The summed E-state index contributed by atoms with van der Waals surface area (Å²) in [7, 11) is 1.00. The number of nitrogens with one attached hydrogen (secondary N) is 1. The molecule has 0 unspecified atom stereocenters. The van der Waals surface area contributed by atoms with E-state index in [0.29, 0.717) is 23.3 Å². The predicted molar refractivity (Wildman–Crippen MR) is 99.9 cm³/mol. The van der Waals surface area contributed by atoms with Crippen LogP contribution >= 0.6 is 0 Å². The monoisotopic (exact) mass is 359 g/mol. The molecule has 25 heavy (non-hydrogen) atoms. The van der Waals surface area contributed by atoms with Gasteiger partial charge in [-0.05, 0) is 47.6 Å². The molecule has 0 amide bonds. The third kappa shape index (κ3) is 12.8. The molecule has 8 nitrogen and oxygen atoms in total. The van der Waals surface area contributed by atoms with E-state index in [1.165, 1.54) is 26.8 Å². The maximum absolute atomic E-state index is 11.3. The van der Waals surface area contributed by atoms with Crippen LogP contribution in [0.15, 0.2) is 34.3 Å². The lowest BCUT2D eigenvalue weighted by Crippen LogP contribution is -2.23. The lowest BCUT2D eigenvalue weighted by Gasteiger charge is -2.21. The first-order chi connectivity index (χ1) is 10.6. The first kappa shape index (κ1) is 30.6. The molecule has 8 heteroatoms. The first-order valence-corrected chi connectivity index (χ1v) is 7.13. The van der Waals surface area contributed by atoms with Gasteiger partial charge in [0.25, 0.3) is 0 Å². The molecule has 146 valence electrons. The van der Waals surface area contributed by atoms with Crippen LogP contribution in [0.4, 0.5) is 0 Å². The number of nitrogens with two attached hydrogens (primary N) is 1. The van der Waals surface area contributed by atoms with E-state index in [2.05, 4.69) is 5.32 Å². The highest BCUT2D eigenvalue weighted by atomic mass is 16.2. The van der Waals surface area contributed by atoms with Gasteiger partial charge in [0.15, 0.2) is 17.3 Å². The number of aliphatic hydroxyl groups is 1. The lowest BCUT2D eigenvalue weighted by molar-refractivity contribution is -0.114. The van der Waals surface area contributed by atoms with Crippen LogP contribution in [0.5, 0.6) is 0 Å². The van der Waals surface area contributed by atoms with Crippen LogP contribution in [-0.2, 0) is 14.4 Å². The highest BCUT2D eigenvalue weighted by Crippen LogP contribution is 2.23. The second-order valence-electron chi connectivity index (χ2n) is 5.12. The Bertz CT molecular complexity index is 523. The summed E-state index contributed by atoms with van der Waals surface area (Å²) in [6.07, 6.45) is 1.86. The fourth-order valence-electron chi connectivity index (χ4n) is 1.97. The molecule has 0 aromatic rings. The number of rotatable bonds is 3. The quantitative estimate of drug-likeness (QED) is 0.545. The van der Waals surface area contributed by atoms with E-state index in [1.807, 2.05) is 13.8 Å². The number of Topliss-reactive ketones (excluding diaryl/α,β-unsaturated/α-hetero) is 2. The van der Waals surface area contributed by atoms with Crippen LogP contribution in [0.3, 0.4) is 0 Å². The first-order valence-electron chi connectivity index (χ1n) is 7.13. The summed E-state index contributed by atoms with van der Waals surface area (Å²) in [6.45, 7) is 9.92. The fourth-order valence-corrected chi connectivity index (χ4v) is 1.97. The maximum Gasteiger partial charge on any atom is 0.157 e. The van der Waals surface area contributed by atoms with Crippen molar-refractivity contribution in [3.63, 3.8) is 0 Å². The number of carbonyl (C=O) groups is 3. The molecule has 0 fully saturated rings. The summed E-state index contributed by atoms with van der Waals surface area (Å²) in [4.78, 5) is 32.6. The van der Waals surface area contributed by atoms with Crippen LogP contribution in [0.1, 0.15) is 48.0 Å². The van der Waals surface area contributed by atoms with Crippen molar-refractivity contribution in [2.75, 3.05) is 7.11 Å². The molecule has 0 bridgehead atoms. The van der Waals surface area contributed by atoms with Gasteiger partial charge in [0.05, 0.1) is 0 Å². The number of aliphatic hydroxyl groups excluding tert-OH is 1. The van der Waals surface area contributed by atoms with Gasteiger partial charge >= 0.3 is 0 Å². The number of hydrogen-bond acceptors (Lipinski definition) is 7. The predicted octanol–water partition coefficient (Wildman–Crippen LogP) is 1.09. The summed E-state index contributed by atoms with van der Waals surface area (Å²) < 4.78 is 0. The van der Waals surface area contributed by atoms with Gasteiger partial charge in [0.2, 0.25) is 0 Å². The zero-order chi connectivity index (χ0) is 18.7. The topological polar surface area (TPSA) is 176 Å². The third-order valence-electron chi connectivity index (χ3n) is 2.91. The molecule has 1 aliphatic rings. The molecule has 1 rings (SSSR count). The number of carbonyl (C=O) groups excluding carboxylic acids is 3. The van der Waals surface area contributed by atoms with Crippen molar-refractivity contribution in [2.45, 2.75) is 48.0 Å². The Labute approximate surface area is 149 Å². The van der Waals surface area contributed by atoms with Gasteiger partial charge in [-0.3, -0.25) is 14.4 Å². The van der Waals surface area contributed by atoms with Crippen molar-refractivity contribution < 1.29 is 25.0 Å². The number of allylic oxidation sites excluding steroid dienone is 6. The van der Waals surface area contributed by atoms with Crippen molar-refractivity contribution in [1.82, 2.24) is 11.5 Å². The van der Waals surface area contributed by atoms with Crippen molar-refractivity contribution in [3.8, 4) is 0 Å². The van der Waals surface area contributed by atoms with Crippen LogP contribution in [0.2, 0.25) is 0 Å². The Balaban J connectivity index is -0.000000173. The Hall–Kier alpha value is -2.29. The summed E-state index contributed by atoms with van der Waals surface area (Å²) in [5, 5.41) is 10.1. The molecule has 0 atom stereocenters. The van der Waals surface area contributed by atoms with Gasteiger partial charge in [-0.25, -0.2) is 0 Å². The molecule has 0 radical (unpaired) electrons. The summed E-state index contributed by atoms with van der Waals surface area (Å²) in [5.74, 6) is 0.0579. The molecule has 0 saturated carbocycles. The molecule has 1 heterocycles. The van der Waals surface area contributed by atoms with Crippen LogP contribution in [0, 0.1) is 0 Å². The zero-order valence-electron chi connectivity index (χ0n) is 16.2. The Kier molecular flexibility index (Phi) is 18.7.